The van der Waals surface area contributed by atoms with Gasteiger partial charge in [0.15, 0.2) is 0 Å². The van der Waals surface area contributed by atoms with Crippen molar-refractivity contribution in [1.29, 1.82) is 0 Å². The van der Waals surface area contributed by atoms with E-state index >= 15 is 0 Å². The minimum absolute atomic E-state index is 0. The molecule has 0 aliphatic carbocycles. The average Bonchev–Trinajstić information content (AvgIpc) is 1.67. The summed E-state index contributed by atoms with van der Waals surface area (Å²) in [7, 11) is 0. The van der Waals surface area contributed by atoms with Gasteiger partial charge in [-0.2, -0.15) is 0 Å². The van der Waals surface area contributed by atoms with Crippen molar-refractivity contribution in [3.63, 3.8) is 0 Å². The van der Waals surface area contributed by atoms with E-state index in [2.05, 4.69) is 62.0 Å². The van der Waals surface area contributed by atoms with E-state index in [0.29, 0.717) is 111 Å². The molecule has 3 aliphatic heterocycles. The summed E-state index contributed by atoms with van der Waals surface area (Å²) in [4.78, 5) is 146. The van der Waals surface area contributed by atoms with Gasteiger partial charge < -0.3 is 57.9 Å². The molecule has 30 nitrogen and oxygen atoms in total. The molecule has 10 rings (SSSR count). The number of pyridine rings is 2. The van der Waals surface area contributed by atoms with Crippen LogP contribution in [0.5, 0.6) is 5.75 Å². The van der Waals surface area contributed by atoms with Crippen molar-refractivity contribution in [2.45, 2.75) is 89.9 Å². The number of benzene rings is 3. The number of carbonyl (C=O) groups excluding carboxylic acids is 7. The number of aromatic nitrogens is 7. The number of phenolic OH excluding ortho intramolecular Hbond substituents is 1. The summed E-state index contributed by atoms with van der Waals surface area (Å²) in [5.74, 6) is -7.69. The number of aromatic amines is 1. The standard InChI is InChI=1S/C68H82N18O12.Y/c1-42(2)62(68(98)71-35-59(69)88)80-67(97)57(32-50-33-70-41-72-50)79-66(96)56(28-44-8-5-4-6-9-44)78-65(95)55(29-45-12-18-53(87)19-13-45)77-63(93)43(3)74-64(94)47-16-14-46(15-17-47)48-30-51-37-83-22-26-84(39-60(89)90)24-20-82(21-25-85(27-23-83)40-61(91)92)36-49-10-7-11-54(76-49)58-34-73-81-86(58)38-52(31-48)75-51;/h4-19,30-31,33-34,41-43,55-57,62,87H,20-29,32,35-40H2,1-3H3,(H2,69,88)(H,70,72)(H,71,98)(H,74,94)(H,77,93)(H,78,95)(H,79,96)(H,80,97)(H,89,90)(H,91,92);/t43-,55-,56-,57-,62-;/m0./s1. The number of carboxylic acids is 2. The van der Waals surface area contributed by atoms with Crippen molar-refractivity contribution < 1.29 is 91.2 Å². The van der Waals surface area contributed by atoms with Crippen LogP contribution in [0.1, 0.15) is 65.0 Å². The fourth-order valence-corrected chi connectivity index (χ4v) is 11.5. The summed E-state index contributed by atoms with van der Waals surface area (Å²) in [6, 6.07) is 24.4. The number of imidazole rings is 1. The van der Waals surface area contributed by atoms with Crippen LogP contribution in [0.2, 0.25) is 0 Å². The Balaban J connectivity index is 0.0000125. The molecule has 99 heavy (non-hydrogen) atoms. The van der Waals surface area contributed by atoms with E-state index in [-0.39, 0.29) is 82.9 Å². The Morgan fingerprint density at radius 1 is 0.566 bits per heavy atom. The number of aliphatic carboxylic acids is 2. The first-order chi connectivity index (χ1) is 47.1. The summed E-state index contributed by atoms with van der Waals surface area (Å²) in [5, 5.41) is 54.9. The molecule has 6 bridgehead atoms. The maximum Gasteiger partial charge on any atom is 0.317 e. The van der Waals surface area contributed by atoms with Crippen molar-refractivity contribution in [2.75, 3.05) is 72.0 Å². The third kappa shape index (κ3) is 22.7. The molecule has 3 aromatic carbocycles. The van der Waals surface area contributed by atoms with Crippen LogP contribution in [0.25, 0.3) is 22.5 Å². The number of H-pyrrole nitrogens is 1. The second-order valence-electron chi connectivity index (χ2n) is 24.7. The smallest absolute Gasteiger partial charge is 0.317 e. The molecule has 1 fully saturated rings. The first-order valence-electron chi connectivity index (χ1n) is 32.2. The monoisotopic (exact) mass is 1430 g/mol. The van der Waals surface area contributed by atoms with Crippen molar-refractivity contribution in [1.82, 2.24) is 86.4 Å². The summed E-state index contributed by atoms with van der Waals surface area (Å²) >= 11 is 0. The number of aromatic hydroxyl groups is 1. The number of nitrogens with two attached hydrogens (primary N) is 1. The zero-order chi connectivity index (χ0) is 69.8. The minimum atomic E-state index is -1.39. The quantitative estimate of drug-likeness (QED) is 0.0367. The van der Waals surface area contributed by atoms with Crippen LogP contribution < -0.4 is 37.6 Å². The molecule has 5 atom stereocenters. The number of hydrogen-bond acceptors (Lipinski definition) is 19. The number of fused-ring (bicyclic) bond motifs is 8. The van der Waals surface area contributed by atoms with Gasteiger partial charge in [0.2, 0.25) is 35.4 Å². The van der Waals surface area contributed by atoms with Gasteiger partial charge in [0.1, 0.15) is 41.7 Å². The number of nitrogens with zero attached hydrogens (tertiary/aromatic N) is 10. The van der Waals surface area contributed by atoms with E-state index in [1.54, 1.807) is 91.5 Å². The largest absolute Gasteiger partial charge is 0.508 e. The molecule has 4 aromatic heterocycles. The Hall–Kier alpha value is -9.72. The fourth-order valence-electron chi connectivity index (χ4n) is 11.5. The first kappa shape index (κ1) is 75.1. The zero-order valence-corrected chi connectivity index (χ0v) is 58.1. The number of phenols is 1. The molecule has 0 saturated carbocycles. The molecular formula is C68H82N18O12Y. The van der Waals surface area contributed by atoms with Crippen molar-refractivity contribution >= 4 is 53.3 Å². The SMILES string of the molecule is CC(C)[C@H](NC(=O)[C@H](Cc1cnc[nH]1)NC(=O)[C@H](Cc1ccccc1)NC(=O)[C@H](Cc1ccc(O)cc1)NC(=O)[C@H](C)NC(=O)c1ccc(-c2cc3nc(c2)Cn2nncc2-c2cccc(n2)CN2CCN(CC(=O)O)CCN(CCN(CC(=O)O)CC2)C3)cc1)C(=O)NCC(N)=O.[Y]. The van der Waals surface area contributed by atoms with Gasteiger partial charge in [0.05, 0.1) is 61.5 Å². The molecule has 1 saturated heterocycles. The molecule has 7 aromatic rings. The van der Waals surface area contributed by atoms with Crippen LogP contribution in [0.15, 0.2) is 128 Å². The third-order valence-corrected chi connectivity index (χ3v) is 16.8. The summed E-state index contributed by atoms with van der Waals surface area (Å²) in [6.07, 6.45) is 4.12. The molecule has 1 radical (unpaired) electrons. The molecule has 0 unspecified atom stereocenters. The van der Waals surface area contributed by atoms with Crippen LogP contribution in [0.4, 0.5) is 0 Å². The Morgan fingerprint density at radius 3 is 1.69 bits per heavy atom. The number of primary amides is 1. The molecule has 7 heterocycles. The first-order valence-corrected chi connectivity index (χ1v) is 32.2. The second kappa shape index (κ2) is 36.2. The van der Waals surface area contributed by atoms with E-state index < -0.39 is 96.0 Å². The summed E-state index contributed by atoms with van der Waals surface area (Å²) < 4.78 is 1.73. The van der Waals surface area contributed by atoms with Gasteiger partial charge in [-0.15, -0.1) is 5.10 Å². The van der Waals surface area contributed by atoms with Gasteiger partial charge in [0, 0.05) is 135 Å². The zero-order valence-electron chi connectivity index (χ0n) is 55.3. The van der Waals surface area contributed by atoms with Crippen LogP contribution in [-0.2, 0) is 110 Å². The number of carbonyl (C=O) groups is 9. The van der Waals surface area contributed by atoms with Gasteiger partial charge in [0.25, 0.3) is 5.91 Å². The molecule has 12 N–H and O–H groups in total. The van der Waals surface area contributed by atoms with Gasteiger partial charge in [-0.25, -0.2) is 14.6 Å². The van der Waals surface area contributed by atoms with Crippen LogP contribution in [-0.4, -0.2) is 225 Å². The Bertz CT molecular complexity index is 3890. The predicted molar refractivity (Wildman–Crippen MR) is 357 cm³/mol. The maximum absolute atomic E-state index is 14.7. The molecule has 31 heteroatoms. The minimum Gasteiger partial charge on any atom is -0.508 e. The van der Waals surface area contributed by atoms with E-state index in [0.717, 1.165) is 11.3 Å². The maximum atomic E-state index is 14.7. The number of hydrogen-bond donors (Lipinski definition) is 11. The van der Waals surface area contributed by atoms with Crippen molar-refractivity contribution in [3.8, 4) is 28.3 Å². The third-order valence-electron chi connectivity index (χ3n) is 16.8. The van der Waals surface area contributed by atoms with Crippen LogP contribution >= 0.6 is 0 Å². The van der Waals surface area contributed by atoms with E-state index in [4.69, 9.17) is 15.7 Å². The number of nitrogens with one attached hydrogen (secondary N) is 7. The van der Waals surface area contributed by atoms with Gasteiger partial charge >= 0.3 is 11.9 Å². The second-order valence-corrected chi connectivity index (χ2v) is 24.7. The molecule has 519 valence electrons. The van der Waals surface area contributed by atoms with Crippen molar-refractivity contribution in [2.24, 2.45) is 11.7 Å². The fraction of sp³-hybridized carbons (Fsp3) is 0.382. The van der Waals surface area contributed by atoms with Gasteiger partial charge in [-0.1, -0.05) is 79.7 Å². The van der Waals surface area contributed by atoms with Gasteiger partial charge in [-0.05, 0) is 83.6 Å². The number of carboxylic acid groups (broad SMARTS) is 2. The normalized spacial score (nSPS) is 16.7. The molecule has 7 amide bonds. The molecule has 3 aliphatic rings. The number of rotatable bonds is 25. The van der Waals surface area contributed by atoms with Crippen LogP contribution in [0.3, 0.4) is 0 Å². The topological polar surface area (TPSA) is 411 Å². The van der Waals surface area contributed by atoms with E-state index in [1.807, 2.05) is 40.1 Å². The predicted octanol–water partition coefficient (Wildman–Crippen LogP) is 0.324. The van der Waals surface area contributed by atoms with Crippen molar-refractivity contribution in [3.05, 3.63) is 167 Å². The van der Waals surface area contributed by atoms with E-state index in [9.17, 15) is 58.5 Å². The number of amides is 7. The molecular weight excluding hydrogens is 1350 g/mol. The Kier molecular flexibility index (Phi) is 27.5. The summed E-state index contributed by atoms with van der Waals surface area (Å²) in [6.45, 7) is 8.49. The van der Waals surface area contributed by atoms with Crippen LogP contribution in [0, 0.1) is 5.92 Å². The van der Waals surface area contributed by atoms with E-state index in [1.165, 1.54) is 31.6 Å². The Labute approximate surface area is 596 Å². The summed E-state index contributed by atoms with van der Waals surface area (Å²) in [5.41, 5.74) is 11.7. The Morgan fingerprint density at radius 2 is 1.12 bits per heavy atom. The van der Waals surface area contributed by atoms with Gasteiger partial charge in [-0.3, -0.25) is 67.7 Å². The molecule has 0 spiro atoms. The average molecular weight is 1430 g/mol.